The van der Waals surface area contributed by atoms with Gasteiger partial charge in [-0.2, -0.15) is 0 Å². The lowest BCUT2D eigenvalue weighted by atomic mass is 10.2. The Morgan fingerprint density at radius 2 is 1.81 bits per heavy atom. The van der Waals surface area contributed by atoms with Crippen LogP contribution < -0.4 is 15.4 Å². The minimum absolute atomic E-state index is 0.0322. The first kappa shape index (κ1) is 20.7. The fraction of sp³-hybridized carbons (Fsp3) is 0.333. The first-order valence-electron chi connectivity index (χ1n) is 8.53. The Labute approximate surface area is 159 Å². The minimum Gasteiger partial charge on any atom is -0.347 e. The van der Waals surface area contributed by atoms with Crippen LogP contribution in [0.2, 0.25) is 0 Å². The maximum absolute atomic E-state index is 12.3. The Bertz CT molecular complexity index is 917. The Kier molecular flexibility index (Phi) is 6.75. The molecule has 0 unspecified atom stereocenters. The van der Waals surface area contributed by atoms with E-state index in [1.54, 1.807) is 19.2 Å². The van der Waals surface area contributed by atoms with E-state index in [1.807, 2.05) is 19.1 Å². The molecule has 8 nitrogen and oxygen atoms in total. The van der Waals surface area contributed by atoms with E-state index in [-0.39, 0.29) is 28.9 Å². The van der Waals surface area contributed by atoms with E-state index in [4.69, 9.17) is 0 Å². The van der Waals surface area contributed by atoms with Crippen molar-refractivity contribution in [2.45, 2.75) is 31.2 Å². The average Bonchev–Trinajstić information content (AvgIpc) is 3.04. The van der Waals surface area contributed by atoms with Crippen LogP contribution in [0.25, 0.3) is 0 Å². The van der Waals surface area contributed by atoms with Gasteiger partial charge in [0.25, 0.3) is 5.91 Å². The number of sulfonamides is 1. The van der Waals surface area contributed by atoms with Crippen LogP contribution in [0.4, 0.5) is 5.69 Å². The first-order chi connectivity index (χ1) is 12.8. The number of hydrogen-bond acceptors (Lipinski definition) is 4. The van der Waals surface area contributed by atoms with E-state index in [1.165, 1.54) is 23.9 Å². The number of benzene rings is 1. The molecule has 1 heterocycles. The third-order valence-corrected chi connectivity index (χ3v) is 5.34. The monoisotopic (exact) mass is 392 g/mol. The molecule has 3 N–H and O–H groups in total. The summed E-state index contributed by atoms with van der Waals surface area (Å²) in [5, 5.41) is 5.56. The molecule has 1 aromatic carbocycles. The largest absolute Gasteiger partial charge is 0.347 e. The van der Waals surface area contributed by atoms with Gasteiger partial charge in [-0.1, -0.05) is 19.1 Å². The minimum atomic E-state index is -3.60. The molecule has 2 aromatic rings. The van der Waals surface area contributed by atoms with E-state index in [0.717, 1.165) is 12.0 Å². The summed E-state index contributed by atoms with van der Waals surface area (Å²) in [4.78, 5) is 24.0. The van der Waals surface area contributed by atoms with Gasteiger partial charge in [0.1, 0.15) is 10.6 Å². The van der Waals surface area contributed by atoms with Crippen molar-refractivity contribution < 1.29 is 18.0 Å². The molecule has 0 fully saturated rings. The molecule has 2 rings (SSSR count). The van der Waals surface area contributed by atoms with Gasteiger partial charge in [-0.05, 0) is 37.2 Å². The fourth-order valence-electron chi connectivity index (χ4n) is 2.45. The van der Waals surface area contributed by atoms with Crippen molar-refractivity contribution in [3.63, 3.8) is 0 Å². The van der Waals surface area contributed by atoms with Gasteiger partial charge in [-0.3, -0.25) is 9.59 Å². The number of aromatic nitrogens is 1. The number of hydrogen-bond donors (Lipinski definition) is 3. The quantitative estimate of drug-likeness (QED) is 0.634. The molecule has 0 bridgehead atoms. The van der Waals surface area contributed by atoms with Crippen molar-refractivity contribution in [3.8, 4) is 0 Å². The van der Waals surface area contributed by atoms with E-state index >= 15 is 0 Å². The molecular weight excluding hydrogens is 368 g/mol. The number of nitrogens with zero attached hydrogens (tertiary/aromatic N) is 1. The predicted molar refractivity (Wildman–Crippen MR) is 103 cm³/mol. The Balaban J connectivity index is 1.99. The molecule has 0 aliphatic heterocycles. The van der Waals surface area contributed by atoms with Gasteiger partial charge in [0.15, 0.2) is 0 Å². The second kappa shape index (κ2) is 8.83. The average molecular weight is 392 g/mol. The SMILES string of the molecule is CCCC(=O)Nc1ccc(CNC(=O)c2cc(S(=O)(=O)NC)cn2C)cc1. The van der Waals surface area contributed by atoms with Gasteiger partial charge >= 0.3 is 0 Å². The van der Waals surface area contributed by atoms with Gasteiger partial charge in [-0.25, -0.2) is 13.1 Å². The molecule has 0 aliphatic rings. The maximum atomic E-state index is 12.3. The van der Waals surface area contributed by atoms with Gasteiger partial charge in [0.2, 0.25) is 15.9 Å². The first-order valence-corrected chi connectivity index (χ1v) is 10.0. The van der Waals surface area contributed by atoms with Gasteiger partial charge in [-0.15, -0.1) is 0 Å². The second-order valence-electron chi connectivity index (χ2n) is 6.06. The van der Waals surface area contributed by atoms with E-state index in [2.05, 4.69) is 15.4 Å². The molecule has 9 heteroatoms. The molecule has 1 aromatic heterocycles. The van der Waals surface area contributed by atoms with Crippen LogP contribution in [-0.2, 0) is 28.4 Å². The summed E-state index contributed by atoms with van der Waals surface area (Å²) >= 11 is 0. The predicted octanol–water partition coefficient (Wildman–Crippen LogP) is 1.60. The number of nitrogens with one attached hydrogen (secondary N) is 3. The molecular formula is C18H24N4O4S. The number of rotatable bonds is 8. The number of carbonyl (C=O) groups is 2. The molecule has 0 aliphatic carbocycles. The van der Waals surface area contributed by atoms with Gasteiger partial charge in [0, 0.05) is 31.9 Å². The zero-order chi connectivity index (χ0) is 20.0. The van der Waals surface area contributed by atoms with E-state index < -0.39 is 10.0 Å². The van der Waals surface area contributed by atoms with Crippen molar-refractivity contribution in [1.82, 2.24) is 14.6 Å². The maximum Gasteiger partial charge on any atom is 0.268 e. The Morgan fingerprint density at radius 3 is 2.41 bits per heavy atom. The highest BCUT2D eigenvalue weighted by atomic mass is 32.2. The van der Waals surface area contributed by atoms with E-state index in [0.29, 0.717) is 12.1 Å². The normalized spacial score (nSPS) is 11.2. The number of amides is 2. The van der Waals surface area contributed by atoms with Crippen LogP contribution in [0, 0.1) is 0 Å². The van der Waals surface area contributed by atoms with Gasteiger partial charge < -0.3 is 15.2 Å². The summed E-state index contributed by atoms with van der Waals surface area (Å²) in [7, 11) is -0.680. The van der Waals surface area contributed by atoms with Crippen molar-refractivity contribution in [2.75, 3.05) is 12.4 Å². The highest BCUT2D eigenvalue weighted by Crippen LogP contribution is 2.14. The summed E-state index contributed by atoms with van der Waals surface area (Å²) in [5.74, 6) is -0.412. The molecule has 0 spiro atoms. The molecule has 0 saturated carbocycles. The standard InChI is InChI=1S/C18H24N4O4S/c1-4-5-17(23)21-14-8-6-13(7-9-14)11-20-18(24)16-10-15(12-22(16)3)27(25,26)19-2/h6-10,12,19H,4-5,11H2,1-3H3,(H,20,24)(H,21,23). The number of aryl methyl sites for hydroxylation is 1. The number of carbonyl (C=O) groups excluding carboxylic acids is 2. The summed E-state index contributed by atoms with van der Waals surface area (Å²) in [6.45, 7) is 2.22. The van der Waals surface area contributed by atoms with Crippen LogP contribution >= 0.6 is 0 Å². The van der Waals surface area contributed by atoms with Crippen LogP contribution in [0.5, 0.6) is 0 Å². The summed E-state index contributed by atoms with van der Waals surface area (Å²) in [5.41, 5.74) is 1.80. The molecule has 0 radical (unpaired) electrons. The lowest BCUT2D eigenvalue weighted by molar-refractivity contribution is -0.116. The summed E-state index contributed by atoms with van der Waals surface area (Å²) in [6.07, 6.45) is 2.64. The molecule has 0 saturated heterocycles. The lowest BCUT2D eigenvalue weighted by Crippen LogP contribution is -2.24. The fourth-order valence-corrected chi connectivity index (χ4v) is 3.25. The van der Waals surface area contributed by atoms with E-state index in [9.17, 15) is 18.0 Å². The topological polar surface area (TPSA) is 109 Å². The van der Waals surface area contributed by atoms with Crippen LogP contribution in [0.15, 0.2) is 41.4 Å². The van der Waals surface area contributed by atoms with Crippen molar-refractivity contribution >= 4 is 27.5 Å². The second-order valence-corrected chi connectivity index (χ2v) is 7.94. The molecule has 2 amide bonds. The molecule has 146 valence electrons. The Morgan fingerprint density at radius 1 is 1.15 bits per heavy atom. The van der Waals surface area contributed by atoms with Crippen molar-refractivity contribution in [3.05, 3.63) is 47.8 Å². The lowest BCUT2D eigenvalue weighted by Gasteiger charge is -2.08. The molecule has 27 heavy (non-hydrogen) atoms. The third kappa shape index (κ3) is 5.41. The molecule has 0 atom stereocenters. The smallest absolute Gasteiger partial charge is 0.268 e. The van der Waals surface area contributed by atoms with Gasteiger partial charge in [0.05, 0.1) is 0 Å². The summed E-state index contributed by atoms with van der Waals surface area (Å²) < 4.78 is 27.3. The zero-order valence-electron chi connectivity index (χ0n) is 15.6. The van der Waals surface area contributed by atoms with Crippen molar-refractivity contribution in [2.24, 2.45) is 7.05 Å². The number of anilines is 1. The van der Waals surface area contributed by atoms with Crippen LogP contribution in [0.1, 0.15) is 35.8 Å². The highest BCUT2D eigenvalue weighted by Gasteiger charge is 2.18. The van der Waals surface area contributed by atoms with Crippen LogP contribution in [-0.4, -0.2) is 31.8 Å². The zero-order valence-corrected chi connectivity index (χ0v) is 16.4. The van der Waals surface area contributed by atoms with Crippen molar-refractivity contribution in [1.29, 1.82) is 0 Å². The van der Waals surface area contributed by atoms with Crippen LogP contribution in [0.3, 0.4) is 0 Å². The highest BCUT2D eigenvalue weighted by molar-refractivity contribution is 7.89. The Hall–Kier alpha value is -2.65. The third-order valence-electron chi connectivity index (χ3n) is 3.96. The summed E-state index contributed by atoms with van der Waals surface area (Å²) in [6, 6.07) is 8.49.